The summed E-state index contributed by atoms with van der Waals surface area (Å²) in [6.07, 6.45) is 0.598. The number of fused-ring (bicyclic) bond motifs is 1. The molecule has 0 bridgehead atoms. The van der Waals surface area contributed by atoms with Gasteiger partial charge >= 0.3 is 5.97 Å². The lowest BCUT2D eigenvalue weighted by Crippen LogP contribution is -2.37. The van der Waals surface area contributed by atoms with Crippen molar-refractivity contribution in [3.05, 3.63) is 58.9 Å². The number of sulfonamides is 1. The molecule has 0 spiro atoms. The quantitative estimate of drug-likeness (QED) is 0.441. The number of nitrogens with two attached hydrogens (primary N) is 1. The number of hydrogen-bond acceptors (Lipinski definition) is 10. The normalized spacial score (nSPS) is 17.1. The third-order valence-electron chi connectivity index (χ3n) is 5.55. The van der Waals surface area contributed by atoms with Crippen LogP contribution >= 0.6 is 11.3 Å². The van der Waals surface area contributed by atoms with Gasteiger partial charge in [-0.05, 0) is 49.2 Å². The van der Waals surface area contributed by atoms with Crippen molar-refractivity contribution in [1.29, 1.82) is 0 Å². The molecule has 2 heterocycles. The number of benzene rings is 1. The Bertz CT molecular complexity index is 1360. The van der Waals surface area contributed by atoms with Crippen LogP contribution in [0, 0.1) is 0 Å². The smallest absolute Gasteiger partial charge is 0.361 e. The van der Waals surface area contributed by atoms with Crippen LogP contribution in [0.4, 0.5) is 5.13 Å². The minimum absolute atomic E-state index is 0.0155. The molecule has 0 radical (unpaired) electrons. The predicted octanol–water partition coefficient (Wildman–Crippen LogP) is 1.90. The molecule has 3 aromatic rings. The molecule has 2 N–H and O–H groups in total. The Morgan fingerprint density at radius 2 is 2.03 bits per heavy atom. The average Bonchev–Trinajstić information content (AvgIpc) is 3.45. The molecular weight excluding hydrogens is 494 g/mol. The van der Waals surface area contributed by atoms with Gasteiger partial charge in [-0.3, -0.25) is 4.79 Å². The Morgan fingerprint density at radius 1 is 1.26 bits per heavy atom. The van der Waals surface area contributed by atoms with Crippen molar-refractivity contribution in [1.82, 2.24) is 15.2 Å². The fourth-order valence-corrected chi connectivity index (χ4v) is 6.66. The van der Waals surface area contributed by atoms with E-state index in [0.29, 0.717) is 11.1 Å². The Hall–Kier alpha value is -3.58. The lowest BCUT2D eigenvalue weighted by Gasteiger charge is -2.25. The number of nitrogens with zero attached hydrogens (tertiary/aromatic N) is 4. The first kappa shape index (κ1) is 24.5. The van der Waals surface area contributed by atoms with Gasteiger partial charge in [0.1, 0.15) is 17.5 Å². The van der Waals surface area contributed by atoms with E-state index in [4.69, 9.17) is 15.2 Å². The maximum absolute atomic E-state index is 13.5. The van der Waals surface area contributed by atoms with E-state index in [0.717, 1.165) is 11.3 Å². The standard InChI is InChI=1S/C22H23N5O6S2/c1-12(2)27(22-26-25-11-34-22)35(30,31)14-6-7-15-13(9-14)10-17(18(15)20(23)28)33-21(29)19-16(32-3)5-4-8-24-19/h4-9,11-12,17-18H,10H2,1-3H3,(H2,23,28). The maximum Gasteiger partial charge on any atom is 0.361 e. The molecule has 35 heavy (non-hydrogen) atoms. The fourth-order valence-electron chi connectivity index (χ4n) is 4.08. The molecule has 2 unspecified atom stereocenters. The number of ether oxygens (including phenoxy) is 2. The van der Waals surface area contributed by atoms with Gasteiger partial charge < -0.3 is 15.2 Å². The van der Waals surface area contributed by atoms with Crippen LogP contribution < -0.4 is 14.8 Å². The van der Waals surface area contributed by atoms with Crippen LogP contribution in [-0.2, 0) is 26.0 Å². The first-order valence-corrected chi connectivity index (χ1v) is 12.9. The van der Waals surface area contributed by atoms with E-state index >= 15 is 0 Å². The third kappa shape index (κ3) is 4.56. The fraction of sp³-hybridized carbons (Fsp3) is 0.318. The number of rotatable bonds is 8. The molecule has 13 heteroatoms. The zero-order valence-electron chi connectivity index (χ0n) is 19.1. The third-order valence-corrected chi connectivity index (χ3v) is 8.32. The molecule has 11 nitrogen and oxygen atoms in total. The molecule has 1 aliphatic rings. The first-order chi connectivity index (χ1) is 16.6. The van der Waals surface area contributed by atoms with Crippen molar-refractivity contribution >= 4 is 38.4 Å². The molecule has 1 amide bonds. The van der Waals surface area contributed by atoms with E-state index in [1.807, 2.05) is 0 Å². The summed E-state index contributed by atoms with van der Waals surface area (Å²) in [7, 11) is -2.59. The van der Waals surface area contributed by atoms with E-state index in [2.05, 4.69) is 15.2 Å². The number of hydrogen-bond donors (Lipinski definition) is 1. The number of pyridine rings is 1. The van der Waals surface area contributed by atoms with Crippen LogP contribution in [0.15, 0.2) is 46.9 Å². The van der Waals surface area contributed by atoms with Gasteiger partial charge in [0.15, 0.2) is 11.4 Å². The van der Waals surface area contributed by atoms with Crippen LogP contribution in [0.5, 0.6) is 5.75 Å². The van der Waals surface area contributed by atoms with Crippen LogP contribution in [0.3, 0.4) is 0 Å². The molecule has 0 saturated carbocycles. The summed E-state index contributed by atoms with van der Waals surface area (Å²) in [4.78, 5) is 29.1. The molecule has 4 rings (SSSR count). The second kappa shape index (κ2) is 9.58. The topological polar surface area (TPSA) is 155 Å². The average molecular weight is 518 g/mol. The molecule has 2 aromatic heterocycles. The highest BCUT2D eigenvalue weighted by molar-refractivity contribution is 7.93. The maximum atomic E-state index is 13.5. The Balaban J connectivity index is 1.66. The monoisotopic (exact) mass is 517 g/mol. The largest absolute Gasteiger partial charge is 0.494 e. The second-order valence-electron chi connectivity index (χ2n) is 8.06. The molecule has 0 aliphatic heterocycles. The summed E-state index contributed by atoms with van der Waals surface area (Å²) in [5.41, 5.74) is 8.10. The summed E-state index contributed by atoms with van der Waals surface area (Å²) < 4.78 is 38.9. The highest BCUT2D eigenvalue weighted by atomic mass is 32.2. The van der Waals surface area contributed by atoms with Crippen LogP contribution in [0.1, 0.15) is 41.4 Å². The van der Waals surface area contributed by atoms with Crippen LogP contribution in [0.25, 0.3) is 0 Å². The Labute approximate surface area is 206 Å². The second-order valence-corrected chi connectivity index (χ2v) is 10.7. The van der Waals surface area contributed by atoms with Crippen molar-refractivity contribution in [2.75, 3.05) is 11.4 Å². The number of anilines is 1. The van der Waals surface area contributed by atoms with Gasteiger partial charge in [-0.1, -0.05) is 17.4 Å². The number of methoxy groups -OCH3 is 1. The van der Waals surface area contributed by atoms with Crippen LogP contribution in [0.2, 0.25) is 0 Å². The van der Waals surface area contributed by atoms with Gasteiger partial charge in [-0.15, -0.1) is 10.2 Å². The number of carbonyl (C=O) groups excluding carboxylic acids is 2. The van der Waals surface area contributed by atoms with Crippen molar-refractivity contribution in [3.63, 3.8) is 0 Å². The van der Waals surface area contributed by atoms with Gasteiger partial charge in [0.05, 0.1) is 12.0 Å². The van der Waals surface area contributed by atoms with Crippen LogP contribution in [-0.4, -0.2) is 54.7 Å². The molecular formula is C22H23N5O6S2. The summed E-state index contributed by atoms with van der Waals surface area (Å²) in [5, 5.41) is 7.89. The molecule has 1 aliphatic carbocycles. The minimum Gasteiger partial charge on any atom is -0.494 e. The van der Waals surface area contributed by atoms with Crippen molar-refractivity contribution in [3.8, 4) is 5.75 Å². The molecule has 184 valence electrons. The van der Waals surface area contributed by atoms with Crippen molar-refractivity contribution in [2.45, 2.75) is 43.2 Å². The first-order valence-electron chi connectivity index (χ1n) is 10.6. The van der Waals surface area contributed by atoms with E-state index in [9.17, 15) is 18.0 Å². The van der Waals surface area contributed by atoms with E-state index in [-0.39, 0.29) is 27.9 Å². The molecule has 0 fully saturated rings. The Kier molecular flexibility index (Phi) is 6.72. The lowest BCUT2D eigenvalue weighted by atomic mass is 9.99. The van der Waals surface area contributed by atoms with E-state index in [1.165, 1.54) is 41.3 Å². The summed E-state index contributed by atoms with van der Waals surface area (Å²) >= 11 is 1.11. The highest BCUT2D eigenvalue weighted by Crippen LogP contribution is 2.38. The van der Waals surface area contributed by atoms with E-state index < -0.39 is 40.0 Å². The Morgan fingerprint density at radius 3 is 2.66 bits per heavy atom. The number of aromatic nitrogens is 3. The molecule has 1 aromatic carbocycles. The minimum atomic E-state index is -3.98. The predicted molar refractivity (Wildman–Crippen MR) is 127 cm³/mol. The van der Waals surface area contributed by atoms with Gasteiger partial charge in [0.25, 0.3) is 10.0 Å². The number of carbonyl (C=O) groups is 2. The summed E-state index contributed by atoms with van der Waals surface area (Å²) in [6.45, 7) is 3.47. The zero-order chi connectivity index (χ0) is 25.3. The van der Waals surface area contributed by atoms with Gasteiger partial charge in [0.2, 0.25) is 11.0 Å². The zero-order valence-corrected chi connectivity index (χ0v) is 20.7. The van der Waals surface area contributed by atoms with E-state index in [1.54, 1.807) is 26.0 Å². The van der Waals surface area contributed by atoms with Gasteiger partial charge in [0, 0.05) is 18.7 Å². The SMILES string of the molecule is COc1cccnc1C(=O)OC1Cc2cc(S(=O)(=O)N(c3nncs3)C(C)C)ccc2C1C(N)=O. The summed E-state index contributed by atoms with van der Waals surface area (Å²) in [6, 6.07) is 7.18. The molecule has 0 saturated heterocycles. The molecule has 2 atom stereocenters. The number of esters is 1. The lowest BCUT2D eigenvalue weighted by molar-refractivity contribution is -0.121. The number of amides is 1. The highest BCUT2D eigenvalue weighted by Gasteiger charge is 2.41. The number of primary amides is 1. The summed E-state index contributed by atoms with van der Waals surface area (Å²) in [5.74, 6) is -2.18. The van der Waals surface area contributed by atoms with Crippen molar-refractivity contribution in [2.24, 2.45) is 5.73 Å². The van der Waals surface area contributed by atoms with Gasteiger partial charge in [-0.25, -0.2) is 22.5 Å². The van der Waals surface area contributed by atoms with Gasteiger partial charge in [-0.2, -0.15) is 0 Å². The van der Waals surface area contributed by atoms with Crippen molar-refractivity contribution < 1.29 is 27.5 Å².